The number of hydrogen-bond donors (Lipinski definition) is 2. The van der Waals surface area contributed by atoms with Crippen molar-refractivity contribution < 1.29 is 22.3 Å². The molecular formula is C14H21F2NO3S. The van der Waals surface area contributed by atoms with Gasteiger partial charge in [-0.05, 0) is 37.3 Å². The molecular weight excluding hydrogens is 300 g/mol. The van der Waals surface area contributed by atoms with E-state index in [1.165, 1.54) is 6.92 Å². The average molecular weight is 321 g/mol. The number of aliphatic hydroxyl groups excluding tert-OH is 1. The molecule has 1 unspecified atom stereocenters. The molecule has 0 heterocycles. The largest absolute Gasteiger partial charge is 0.396 e. The van der Waals surface area contributed by atoms with Gasteiger partial charge in [-0.3, -0.25) is 0 Å². The van der Waals surface area contributed by atoms with Crippen molar-refractivity contribution in [1.29, 1.82) is 0 Å². The number of nitrogens with one attached hydrogen (secondary N) is 1. The zero-order valence-electron chi connectivity index (χ0n) is 12.2. The summed E-state index contributed by atoms with van der Waals surface area (Å²) in [6.07, 6.45) is 2.09. The molecule has 21 heavy (non-hydrogen) atoms. The van der Waals surface area contributed by atoms with E-state index in [2.05, 4.69) is 4.72 Å². The van der Waals surface area contributed by atoms with Gasteiger partial charge in [0.25, 0.3) is 0 Å². The molecule has 0 aliphatic heterocycles. The number of rotatable bonds is 8. The molecule has 1 aromatic rings. The standard InChI is InChI=1S/C14H21F2NO3S/c1-3-4-11(5-6-18)9-17-21(19,20)14-7-10(2)12(15)8-13(14)16/h7-8,11,17-18H,3-6,9H2,1-2H3. The number of benzene rings is 1. The Balaban J connectivity index is 2.89. The average Bonchev–Trinajstić information content (AvgIpc) is 2.40. The lowest BCUT2D eigenvalue weighted by atomic mass is 10.0. The summed E-state index contributed by atoms with van der Waals surface area (Å²) in [5.74, 6) is -1.91. The highest BCUT2D eigenvalue weighted by Crippen LogP contribution is 2.19. The van der Waals surface area contributed by atoms with E-state index in [-0.39, 0.29) is 24.6 Å². The van der Waals surface area contributed by atoms with Crippen molar-refractivity contribution in [2.45, 2.75) is 38.0 Å². The van der Waals surface area contributed by atoms with E-state index < -0.39 is 26.6 Å². The molecule has 0 saturated heterocycles. The third kappa shape index (κ3) is 5.01. The fourth-order valence-electron chi connectivity index (χ4n) is 2.08. The second kappa shape index (κ2) is 7.82. The lowest BCUT2D eigenvalue weighted by Gasteiger charge is -2.16. The predicted octanol–water partition coefficient (Wildman–Crippen LogP) is 2.35. The topological polar surface area (TPSA) is 66.4 Å². The number of hydrogen-bond acceptors (Lipinski definition) is 3. The Morgan fingerprint density at radius 3 is 2.48 bits per heavy atom. The fourth-order valence-corrected chi connectivity index (χ4v) is 3.34. The molecule has 0 amide bonds. The molecule has 7 heteroatoms. The molecule has 0 radical (unpaired) electrons. The van der Waals surface area contributed by atoms with Gasteiger partial charge in [-0.15, -0.1) is 0 Å². The number of sulfonamides is 1. The van der Waals surface area contributed by atoms with E-state index in [0.717, 1.165) is 18.9 Å². The Morgan fingerprint density at radius 2 is 1.90 bits per heavy atom. The third-order valence-corrected chi connectivity index (χ3v) is 4.74. The van der Waals surface area contributed by atoms with E-state index in [1.54, 1.807) is 0 Å². The van der Waals surface area contributed by atoms with Crippen molar-refractivity contribution in [3.05, 3.63) is 29.3 Å². The molecule has 0 aliphatic rings. The maximum Gasteiger partial charge on any atom is 0.243 e. The lowest BCUT2D eigenvalue weighted by molar-refractivity contribution is 0.251. The molecule has 2 N–H and O–H groups in total. The third-order valence-electron chi connectivity index (χ3n) is 3.30. The van der Waals surface area contributed by atoms with Crippen LogP contribution in [0.25, 0.3) is 0 Å². The summed E-state index contributed by atoms with van der Waals surface area (Å²) in [6.45, 7) is 3.42. The quantitative estimate of drug-likeness (QED) is 0.772. The Labute approximate surface area is 124 Å². The van der Waals surface area contributed by atoms with Crippen LogP contribution in [0.3, 0.4) is 0 Å². The monoisotopic (exact) mass is 321 g/mol. The first-order chi connectivity index (χ1) is 9.81. The van der Waals surface area contributed by atoms with Gasteiger partial charge in [0, 0.05) is 19.2 Å². The highest BCUT2D eigenvalue weighted by atomic mass is 32.2. The summed E-state index contributed by atoms with van der Waals surface area (Å²) in [5, 5.41) is 8.94. The van der Waals surface area contributed by atoms with Gasteiger partial charge in [0.05, 0.1) is 0 Å². The summed E-state index contributed by atoms with van der Waals surface area (Å²) in [5.41, 5.74) is 0.0669. The van der Waals surface area contributed by atoms with Crippen LogP contribution in [0.5, 0.6) is 0 Å². The molecule has 0 aliphatic carbocycles. The van der Waals surface area contributed by atoms with Crippen molar-refractivity contribution >= 4 is 10.0 Å². The molecule has 1 rings (SSSR count). The summed E-state index contributed by atoms with van der Waals surface area (Å²) in [4.78, 5) is -0.555. The minimum atomic E-state index is -4.04. The maximum atomic E-state index is 13.6. The smallest absolute Gasteiger partial charge is 0.243 e. The number of aliphatic hydroxyl groups is 1. The van der Waals surface area contributed by atoms with Gasteiger partial charge in [-0.25, -0.2) is 21.9 Å². The normalized spacial score (nSPS) is 13.4. The molecule has 0 spiro atoms. The van der Waals surface area contributed by atoms with Gasteiger partial charge >= 0.3 is 0 Å². The van der Waals surface area contributed by atoms with Gasteiger partial charge in [0.2, 0.25) is 10.0 Å². The molecule has 1 aromatic carbocycles. The molecule has 0 aromatic heterocycles. The van der Waals surface area contributed by atoms with Crippen LogP contribution < -0.4 is 4.72 Å². The van der Waals surface area contributed by atoms with Crippen LogP contribution in [0.4, 0.5) is 8.78 Å². The highest BCUT2D eigenvalue weighted by molar-refractivity contribution is 7.89. The van der Waals surface area contributed by atoms with Crippen LogP contribution in [0.2, 0.25) is 0 Å². The first-order valence-corrected chi connectivity index (χ1v) is 8.36. The summed E-state index contributed by atoms with van der Waals surface area (Å²) in [6, 6.07) is 1.55. The Kier molecular flexibility index (Phi) is 6.70. The number of halogens is 2. The zero-order chi connectivity index (χ0) is 16.0. The maximum absolute atomic E-state index is 13.6. The van der Waals surface area contributed by atoms with Crippen molar-refractivity contribution in [3.8, 4) is 0 Å². The second-order valence-electron chi connectivity index (χ2n) is 5.05. The zero-order valence-corrected chi connectivity index (χ0v) is 13.0. The minimum absolute atomic E-state index is 0.0145. The second-order valence-corrected chi connectivity index (χ2v) is 6.79. The van der Waals surface area contributed by atoms with Crippen molar-refractivity contribution in [2.24, 2.45) is 5.92 Å². The predicted molar refractivity (Wildman–Crippen MR) is 76.4 cm³/mol. The van der Waals surface area contributed by atoms with Crippen LogP contribution in [0.1, 0.15) is 31.7 Å². The van der Waals surface area contributed by atoms with Crippen LogP contribution >= 0.6 is 0 Å². The van der Waals surface area contributed by atoms with E-state index in [9.17, 15) is 17.2 Å². The molecule has 0 saturated carbocycles. The Hall–Kier alpha value is -1.05. The van der Waals surface area contributed by atoms with Crippen LogP contribution in [0.15, 0.2) is 17.0 Å². The van der Waals surface area contributed by atoms with Gasteiger partial charge in [0.15, 0.2) is 0 Å². The molecule has 4 nitrogen and oxygen atoms in total. The fraction of sp³-hybridized carbons (Fsp3) is 0.571. The molecule has 1 atom stereocenters. The number of aryl methyl sites for hydroxylation is 1. The summed E-state index contributed by atoms with van der Waals surface area (Å²) in [7, 11) is -4.04. The van der Waals surface area contributed by atoms with Crippen LogP contribution in [0, 0.1) is 24.5 Å². The van der Waals surface area contributed by atoms with Crippen molar-refractivity contribution in [3.63, 3.8) is 0 Å². The van der Waals surface area contributed by atoms with Gasteiger partial charge in [-0.1, -0.05) is 13.3 Å². The lowest BCUT2D eigenvalue weighted by Crippen LogP contribution is -2.30. The van der Waals surface area contributed by atoms with Crippen molar-refractivity contribution in [1.82, 2.24) is 4.72 Å². The summed E-state index contributed by atoms with van der Waals surface area (Å²) >= 11 is 0. The van der Waals surface area contributed by atoms with Crippen LogP contribution in [-0.4, -0.2) is 26.7 Å². The first-order valence-electron chi connectivity index (χ1n) is 6.88. The molecule has 120 valence electrons. The highest BCUT2D eigenvalue weighted by Gasteiger charge is 2.22. The van der Waals surface area contributed by atoms with E-state index >= 15 is 0 Å². The van der Waals surface area contributed by atoms with Gasteiger partial charge < -0.3 is 5.11 Å². The van der Waals surface area contributed by atoms with E-state index in [0.29, 0.717) is 12.5 Å². The van der Waals surface area contributed by atoms with Crippen molar-refractivity contribution in [2.75, 3.05) is 13.2 Å². The van der Waals surface area contributed by atoms with E-state index in [1.807, 2.05) is 6.92 Å². The van der Waals surface area contributed by atoms with Gasteiger partial charge in [-0.2, -0.15) is 0 Å². The van der Waals surface area contributed by atoms with Crippen LogP contribution in [-0.2, 0) is 10.0 Å². The first kappa shape index (κ1) is 18.0. The Bertz CT molecular complexity index is 570. The van der Waals surface area contributed by atoms with Gasteiger partial charge in [0.1, 0.15) is 16.5 Å². The minimum Gasteiger partial charge on any atom is -0.396 e. The Morgan fingerprint density at radius 1 is 1.24 bits per heavy atom. The van der Waals surface area contributed by atoms with E-state index in [4.69, 9.17) is 5.11 Å². The summed E-state index contributed by atoms with van der Waals surface area (Å²) < 4.78 is 53.3. The molecule has 0 bridgehead atoms. The molecule has 0 fully saturated rings. The SMILES string of the molecule is CCCC(CCO)CNS(=O)(=O)c1cc(C)c(F)cc1F.